The van der Waals surface area contributed by atoms with Crippen LogP contribution in [0, 0.1) is 5.82 Å². The second kappa shape index (κ2) is 8.98. The number of nitrogens with one attached hydrogen (secondary N) is 1. The second-order valence-corrected chi connectivity index (χ2v) is 6.80. The maximum atomic E-state index is 13.7. The smallest absolute Gasteiger partial charge is 0.387 e. The van der Waals surface area contributed by atoms with Crippen molar-refractivity contribution in [3.05, 3.63) is 59.9 Å². The number of alkyl halides is 2. The first kappa shape index (κ1) is 20.7. The Hall–Kier alpha value is -3.03. The van der Waals surface area contributed by atoms with Gasteiger partial charge in [0.05, 0.1) is 11.1 Å². The summed E-state index contributed by atoms with van der Waals surface area (Å²) in [7, 11) is 0. The van der Waals surface area contributed by atoms with Crippen molar-refractivity contribution in [3.8, 4) is 5.75 Å². The number of amides is 1. The molecule has 0 atom stereocenters. The van der Waals surface area contributed by atoms with E-state index in [0.29, 0.717) is 18.4 Å². The number of hydrogen-bond acceptors (Lipinski definition) is 4. The zero-order valence-electron chi connectivity index (χ0n) is 15.5. The van der Waals surface area contributed by atoms with Crippen molar-refractivity contribution in [2.45, 2.75) is 37.7 Å². The highest BCUT2D eigenvalue weighted by Gasteiger charge is 2.44. The van der Waals surface area contributed by atoms with Gasteiger partial charge in [0.25, 0.3) is 5.91 Å². The third-order valence-electron chi connectivity index (χ3n) is 4.94. The summed E-state index contributed by atoms with van der Waals surface area (Å²) in [5.74, 6) is -1.95. The third kappa shape index (κ3) is 4.88. The fourth-order valence-electron chi connectivity index (χ4n) is 3.60. The Kier molecular flexibility index (Phi) is 6.41. The topological polar surface area (TPSA) is 64.6 Å². The highest BCUT2D eigenvalue weighted by molar-refractivity contribution is 5.95. The van der Waals surface area contributed by atoms with Crippen LogP contribution < -0.4 is 10.1 Å². The molecule has 5 nitrogen and oxygen atoms in total. The van der Waals surface area contributed by atoms with Gasteiger partial charge in [0.1, 0.15) is 11.6 Å². The molecule has 3 rings (SSSR count). The number of para-hydroxylation sites is 2. The molecule has 0 unspecified atom stereocenters. The zero-order chi connectivity index (χ0) is 20.9. The molecular weight excluding hydrogens is 387 g/mol. The Morgan fingerprint density at radius 2 is 1.79 bits per heavy atom. The molecule has 1 fully saturated rings. The number of rotatable bonds is 7. The zero-order valence-corrected chi connectivity index (χ0v) is 15.5. The van der Waals surface area contributed by atoms with Gasteiger partial charge in [-0.2, -0.15) is 8.78 Å². The number of esters is 1. The van der Waals surface area contributed by atoms with Gasteiger partial charge in [-0.25, -0.2) is 4.39 Å². The van der Waals surface area contributed by atoms with E-state index in [2.05, 4.69) is 10.1 Å². The molecule has 154 valence electrons. The first-order valence-electron chi connectivity index (χ1n) is 9.18. The molecule has 1 aliphatic rings. The number of halogens is 3. The van der Waals surface area contributed by atoms with Gasteiger partial charge in [0, 0.05) is 0 Å². The summed E-state index contributed by atoms with van der Waals surface area (Å²) in [6, 6.07) is 11.5. The molecule has 0 heterocycles. The Morgan fingerprint density at radius 1 is 1.07 bits per heavy atom. The van der Waals surface area contributed by atoms with E-state index in [0.717, 1.165) is 12.8 Å². The Balaban J connectivity index is 1.66. The molecule has 29 heavy (non-hydrogen) atoms. The predicted molar refractivity (Wildman–Crippen MR) is 99.2 cm³/mol. The summed E-state index contributed by atoms with van der Waals surface area (Å²) in [5, 5.41) is 2.39. The monoisotopic (exact) mass is 407 g/mol. The second-order valence-electron chi connectivity index (χ2n) is 6.80. The minimum absolute atomic E-state index is 0.0366. The molecule has 1 N–H and O–H groups in total. The molecule has 1 amide bonds. The van der Waals surface area contributed by atoms with Crippen molar-refractivity contribution < 1.29 is 32.2 Å². The summed E-state index contributed by atoms with van der Waals surface area (Å²) >= 11 is 0. The van der Waals surface area contributed by atoms with Crippen molar-refractivity contribution in [1.82, 2.24) is 0 Å². The van der Waals surface area contributed by atoms with Gasteiger partial charge in [0.2, 0.25) is 0 Å². The Bertz CT molecular complexity index is 882. The Labute approximate surface area is 165 Å². The number of hydrogen-bond donors (Lipinski definition) is 1. The SMILES string of the molecule is O=C(COC(=O)C1(c2cccc(F)c2)CCCC1)Nc1ccccc1OC(F)F. The third-order valence-corrected chi connectivity index (χ3v) is 4.94. The van der Waals surface area contributed by atoms with Crippen LogP contribution in [-0.2, 0) is 19.7 Å². The first-order chi connectivity index (χ1) is 13.9. The fraction of sp³-hybridized carbons (Fsp3) is 0.333. The highest BCUT2D eigenvalue weighted by atomic mass is 19.3. The quantitative estimate of drug-likeness (QED) is 0.690. The van der Waals surface area contributed by atoms with E-state index in [1.807, 2.05) is 0 Å². The van der Waals surface area contributed by atoms with Gasteiger partial charge < -0.3 is 14.8 Å². The molecule has 0 aliphatic heterocycles. The van der Waals surface area contributed by atoms with Crippen molar-refractivity contribution >= 4 is 17.6 Å². The van der Waals surface area contributed by atoms with Crippen LogP contribution >= 0.6 is 0 Å². The molecule has 0 aromatic heterocycles. The van der Waals surface area contributed by atoms with Crippen LogP contribution in [0.25, 0.3) is 0 Å². The molecule has 0 radical (unpaired) electrons. The average Bonchev–Trinajstić information content (AvgIpc) is 3.18. The van der Waals surface area contributed by atoms with Crippen LogP contribution in [0.15, 0.2) is 48.5 Å². The summed E-state index contributed by atoms with van der Waals surface area (Å²) in [5.41, 5.74) is -0.426. The van der Waals surface area contributed by atoms with Crippen LogP contribution in [0.5, 0.6) is 5.75 Å². The molecule has 8 heteroatoms. The minimum Gasteiger partial charge on any atom is -0.455 e. The maximum absolute atomic E-state index is 13.7. The molecule has 2 aromatic carbocycles. The van der Waals surface area contributed by atoms with E-state index in [4.69, 9.17) is 4.74 Å². The summed E-state index contributed by atoms with van der Waals surface area (Å²) in [4.78, 5) is 25.0. The number of ether oxygens (including phenoxy) is 2. The molecule has 0 bridgehead atoms. The lowest BCUT2D eigenvalue weighted by Gasteiger charge is -2.27. The molecule has 1 aliphatic carbocycles. The molecular formula is C21H20F3NO4. The maximum Gasteiger partial charge on any atom is 0.387 e. The van der Waals surface area contributed by atoms with Crippen molar-refractivity contribution in [1.29, 1.82) is 0 Å². The number of benzene rings is 2. The van der Waals surface area contributed by atoms with Gasteiger partial charge in [-0.3, -0.25) is 9.59 Å². The van der Waals surface area contributed by atoms with E-state index in [-0.39, 0.29) is 11.4 Å². The van der Waals surface area contributed by atoms with Gasteiger partial charge in [0.15, 0.2) is 6.61 Å². The summed E-state index contributed by atoms with van der Waals surface area (Å²) in [6.45, 7) is -3.64. The first-order valence-corrected chi connectivity index (χ1v) is 9.18. The van der Waals surface area contributed by atoms with Gasteiger partial charge in [-0.05, 0) is 42.7 Å². The van der Waals surface area contributed by atoms with Crippen molar-refractivity contribution in [2.75, 3.05) is 11.9 Å². The lowest BCUT2D eigenvalue weighted by molar-refractivity contribution is -0.153. The fourth-order valence-corrected chi connectivity index (χ4v) is 3.60. The van der Waals surface area contributed by atoms with Crippen LogP contribution in [-0.4, -0.2) is 25.1 Å². The van der Waals surface area contributed by atoms with Crippen molar-refractivity contribution in [2.24, 2.45) is 0 Å². The number of carbonyl (C=O) groups is 2. The summed E-state index contributed by atoms with van der Waals surface area (Å²) < 4.78 is 48.2. The molecule has 2 aromatic rings. The normalized spacial score (nSPS) is 15.2. The van der Waals surface area contributed by atoms with E-state index in [1.54, 1.807) is 6.07 Å². The van der Waals surface area contributed by atoms with E-state index >= 15 is 0 Å². The van der Waals surface area contributed by atoms with Crippen LogP contribution in [0.3, 0.4) is 0 Å². The molecule has 0 spiro atoms. The number of anilines is 1. The molecule has 1 saturated carbocycles. The number of carbonyl (C=O) groups excluding carboxylic acids is 2. The molecule has 0 saturated heterocycles. The largest absolute Gasteiger partial charge is 0.455 e. The predicted octanol–water partition coefficient (Wildman–Crippen LogP) is 4.42. The van der Waals surface area contributed by atoms with E-state index in [1.165, 1.54) is 42.5 Å². The Morgan fingerprint density at radius 3 is 2.48 bits per heavy atom. The average molecular weight is 407 g/mol. The van der Waals surface area contributed by atoms with Gasteiger partial charge in [-0.1, -0.05) is 37.1 Å². The lowest BCUT2D eigenvalue weighted by atomic mass is 9.79. The summed E-state index contributed by atoms with van der Waals surface area (Å²) in [6.07, 6.45) is 2.58. The standard InChI is InChI=1S/C21H20F3NO4/c22-15-7-5-6-14(12-15)21(10-3-4-11-21)19(27)28-13-18(26)25-16-8-1-2-9-17(16)29-20(23)24/h1-2,5-9,12,20H,3-4,10-11,13H2,(H,25,26). The highest BCUT2D eigenvalue weighted by Crippen LogP contribution is 2.42. The van der Waals surface area contributed by atoms with Crippen LogP contribution in [0.1, 0.15) is 31.2 Å². The van der Waals surface area contributed by atoms with Gasteiger partial charge in [-0.15, -0.1) is 0 Å². The minimum atomic E-state index is -3.04. The van der Waals surface area contributed by atoms with E-state index in [9.17, 15) is 22.8 Å². The van der Waals surface area contributed by atoms with Gasteiger partial charge >= 0.3 is 12.6 Å². The van der Waals surface area contributed by atoms with E-state index < -0.39 is 36.3 Å². The van der Waals surface area contributed by atoms with Crippen LogP contribution in [0.2, 0.25) is 0 Å². The van der Waals surface area contributed by atoms with Crippen molar-refractivity contribution in [3.63, 3.8) is 0 Å². The lowest BCUT2D eigenvalue weighted by Crippen LogP contribution is -2.36. The van der Waals surface area contributed by atoms with Crippen LogP contribution in [0.4, 0.5) is 18.9 Å².